The van der Waals surface area contributed by atoms with Crippen LogP contribution in [0.2, 0.25) is 0 Å². The molecular formula is C18H20N2O4S. The maximum atomic E-state index is 12.6. The molecule has 25 heavy (non-hydrogen) atoms. The van der Waals surface area contributed by atoms with Crippen molar-refractivity contribution in [2.75, 3.05) is 5.32 Å². The maximum absolute atomic E-state index is 12.6. The van der Waals surface area contributed by atoms with Gasteiger partial charge in [0.2, 0.25) is 15.9 Å². The molecular weight excluding hydrogens is 340 g/mol. The Bertz CT molecular complexity index is 936. The zero-order valence-corrected chi connectivity index (χ0v) is 14.9. The van der Waals surface area contributed by atoms with Crippen LogP contribution in [-0.2, 0) is 33.4 Å². The minimum atomic E-state index is -3.72. The molecule has 0 fully saturated rings. The van der Waals surface area contributed by atoms with Crippen molar-refractivity contribution >= 4 is 21.6 Å². The van der Waals surface area contributed by atoms with Crippen molar-refractivity contribution < 1.29 is 18.3 Å². The Kier molecular flexibility index (Phi) is 4.40. The van der Waals surface area contributed by atoms with Crippen LogP contribution in [0, 0.1) is 0 Å². The lowest BCUT2D eigenvalue weighted by atomic mass is 9.86. The van der Waals surface area contributed by atoms with Crippen LogP contribution >= 0.6 is 0 Å². The fraction of sp³-hybridized carbons (Fsp3) is 0.278. The molecule has 0 saturated carbocycles. The Morgan fingerprint density at radius 2 is 1.84 bits per heavy atom. The first kappa shape index (κ1) is 17.6. The van der Waals surface area contributed by atoms with Gasteiger partial charge in [-0.2, -0.15) is 0 Å². The number of carbonyl (C=O) groups is 1. The number of rotatable bonds is 5. The molecule has 3 rings (SSSR count). The van der Waals surface area contributed by atoms with E-state index >= 15 is 0 Å². The number of fused-ring (bicyclic) bond motifs is 1. The summed E-state index contributed by atoms with van der Waals surface area (Å²) in [4.78, 5) is 12.1. The first-order valence-corrected chi connectivity index (χ1v) is 9.37. The Morgan fingerprint density at radius 3 is 2.56 bits per heavy atom. The second kappa shape index (κ2) is 6.25. The largest absolute Gasteiger partial charge is 0.392 e. The minimum absolute atomic E-state index is 0.0957. The van der Waals surface area contributed by atoms with Gasteiger partial charge in [0, 0.05) is 12.2 Å². The van der Waals surface area contributed by atoms with Crippen LogP contribution in [0.1, 0.15) is 30.5 Å². The van der Waals surface area contributed by atoms with Crippen LogP contribution in [0.5, 0.6) is 0 Å². The fourth-order valence-electron chi connectivity index (χ4n) is 2.82. The lowest BCUT2D eigenvalue weighted by Crippen LogP contribution is -2.27. The van der Waals surface area contributed by atoms with Crippen molar-refractivity contribution in [1.82, 2.24) is 4.72 Å². The van der Waals surface area contributed by atoms with Crippen molar-refractivity contribution in [3.63, 3.8) is 0 Å². The first-order valence-electron chi connectivity index (χ1n) is 7.88. The Hall–Kier alpha value is -2.22. The smallest absolute Gasteiger partial charge is 0.240 e. The van der Waals surface area contributed by atoms with Crippen LogP contribution in [-0.4, -0.2) is 19.4 Å². The predicted octanol–water partition coefficient (Wildman–Crippen LogP) is 1.89. The van der Waals surface area contributed by atoms with Gasteiger partial charge in [0.25, 0.3) is 0 Å². The summed E-state index contributed by atoms with van der Waals surface area (Å²) in [7, 11) is -3.72. The second-order valence-corrected chi connectivity index (χ2v) is 8.36. The number of aliphatic hydroxyl groups excluding tert-OH is 1. The Labute approximate surface area is 146 Å². The quantitative estimate of drug-likeness (QED) is 0.759. The van der Waals surface area contributed by atoms with E-state index in [1.54, 1.807) is 50.2 Å². The van der Waals surface area contributed by atoms with Gasteiger partial charge in [0.15, 0.2) is 0 Å². The highest BCUT2D eigenvalue weighted by Crippen LogP contribution is 2.38. The summed E-state index contributed by atoms with van der Waals surface area (Å²) >= 11 is 0. The highest BCUT2D eigenvalue weighted by Gasteiger charge is 2.39. The molecule has 7 heteroatoms. The normalized spacial score (nSPS) is 15.7. The third-order valence-corrected chi connectivity index (χ3v) is 5.83. The van der Waals surface area contributed by atoms with Crippen LogP contribution in [0.4, 0.5) is 5.69 Å². The zero-order chi connectivity index (χ0) is 18.2. The van der Waals surface area contributed by atoms with E-state index in [9.17, 15) is 13.2 Å². The van der Waals surface area contributed by atoms with Gasteiger partial charge in [-0.1, -0.05) is 24.3 Å². The molecule has 6 nitrogen and oxygen atoms in total. The summed E-state index contributed by atoms with van der Waals surface area (Å²) in [5.74, 6) is -0.147. The molecule has 0 atom stereocenters. The van der Waals surface area contributed by atoms with Gasteiger partial charge in [0.05, 0.1) is 16.9 Å². The highest BCUT2D eigenvalue weighted by molar-refractivity contribution is 7.89. The van der Waals surface area contributed by atoms with Crippen molar-refractivity contribution in [2.24, 2.45) is 0 Å². The van der Waals surface area contributed by atoms with E-state index in [4.69, 9.17) is 5.11 Å². The minimum Gasteiger partial charge on any atom is -0.392 e. The Morgan fingerprint density at radius 1 is 1.12 bits per heavy atom. The summed E-state index contributed by atoms with van der Waals surface area (Å²) in [6, 6.07) is 11.7. The van der Waals surface area contributed by atoms with E-state index in [2.05, 4.69) is 10.0 Å². The lowest BCUT2D eigenvalue weighted by molar-refractivity contribution is -0.119. The monoisotopic (exact) mass is 360 g/mol. The number of sulfonamides is 1. The number of amides is 1. The van der Waals surface area contributed by atoms with Crippen molar-refractivity contribution in [1.29, 1.82) is 0 Å². The zero-order valence-electron chi connectivity index (χ0n) is 14.0. The third-order valence-electron chi connectivity index (χ3n) is 4.43. The molecule has 0 aromatic heterocycles. The van der Waals surface area contributed by atoms with E-state index in [0.717, 1.165) is 11.1 Å². The van der Waals surface area contributed by atoms with E-state index in [1.165, 1.54) is 6.07 Å². The van der Waals surface area contributed by atoms with E-state index < -0.39 is 15.4 Å². The van der Waals surface area contributed by atoms with E-state index in [0.29, 0.717) is 11.3 Å². The van der Waals surface area contributed by atoms with Gasteiger partial charge < -0.3 is 10.4 Å². The molecule has 0 bridgehead atoms. The average Bonchev–Trinajstić information content (AvgIpc) is 2.82. The van der Waals surface area contributed by atoms with Crippen LogP contribution in [0.25, 0.3) is 0 Å². The number of hydrogen-bond acceptors (Lipinski definition) is 4. The predicted molar refractivity (Wildman–Crippen MR) is 94.5 cm³/mol. The standard InChI is InChI=1S/C18H20N2O4S/c1-18(2)15-9-14(6-7-16(15)20-17(18)22)25(23,24)19-10-12-4-3-5-13(8-12)11-21/h3-9,19,21H,10-11H2,1-2H3,(H,20,22). The molecule has 1 aliphatic rings. The summed E-state index contributed by atoms with van der Waals surface area (Å²) in [6.07, 6.45) is 0. The number of hydrogen-bond donors (Lipinski definition) is 3. The van der Waals surface area contributed by atoms with E-state index in [1.807, 2.05) is 0 Å². The molecule has 1 amide bonds. The highest BCUT2D eigenvalue weighted by atomic mass is 32.2. The van der Waals surface area contributed by atoms with Gasteiger partial charge in [-0.3, -0.25) is 4.79 Å². The molecule has 0 unspecified atom stereocenters. The first-order chi connectivity index (χ1) is 11.7. The molecule has 0 radical (unpaired) electrons. The third kappa shape index (κ3) is 3.30. The van der Waals surface area contributed by atoms with Gasteiger partial charge in [-0.15, -0.1) is 0 Å². The number of benzene rings is 2. The fourth-order valence-corrected chi connectivity index (χ4v) is 3.86. The van der Waals surface area contributed by atoms with Gasteiger partial charge in [-0.05, 0) is 48.7 Å². The van der Waals surface area contributed by atoms with Crippen molar-refractivity contribution in [2.45, 2.75) is 37.3 Å². The number of anilines is 1. The topological polar surface area (TPSA) is 95.5 Å². The molecule has 3 N–H and O–H groups in total. The molecule has 1 heterocycles. The Balaban J connectivity index is 1.84. The van der Waals surface area contributed by atoms with Gasteiger partial charge in [0.1, 0.15) is 0 Å². The van der Waals surface area contributed by atoms with Crippen LogP contribution in [0.15, 0.2) is 47.4 Å². The van der Waals surface area contributed by atoms with Crippen LogP contribution in [0.3, 0.4) is 0 Å². The summed E-state index contributed by atoms with van der Waals surface area (Å²) < 4.78 is 27.7. The second-order valence-electron chi connectivity index (χ2n) is 6.59. The SMILES string of the molecule is CC1(C)C(=O)Nc2ccc(S(=O)(=O)NCc3cccc(CO)c3)cc21. The average molecular weight is 360 g/mol. The van der Waals surface area contributed by atoms with Crippen LogP contribution < -0.4 is 10.0 Å². The lowest BCUT2D eigenvalue weighted by Gasteiger charge is -2.16. The van der Waals surface area contributed by atoms with Gasteiger partial charge in [-0.25, -0.2) is 13.1 Å². The molecule has 1 aliphatic heterocycles. The maximum Gasteiger partial charge on any atom is 0.240 e. The van der Waals surface area contributed by atoms with Gasteiger partial charge >= 0.3 is 0 Å². The number of carbonyl (C=O) groups excluding carboxylic acids is 1. The summed E-state index contributed by atoms with van der Waals surface area (Å²) in [6.45, 7) is 3.55. The molecule has 2 aromatic rings. The molecule has 0 saturated heterocycles. The van der Waals surface area contributed by atoms with E-state index in [-0.39, 0.29) is 24.0 Å². The molecule has 132 valence electrons. The van der Waals surface area contributed by atoms with Crippen molar-refractivity contribution in [3.05, 3.63) is 59.2 Å². The number of nitrogens with one attached hydrogen (secondary N) is 2. The molecule has 2 aromatic carbocycles. The summed E-state index contributed by atoms with van der Waals surface area (Å²) in [5, 5.41) is 11.9. The number of aliphatic hydroxyl groups is 1. The molecule has 0 aliphatic carbocycles. The molecule has 0 spiro atoms. The van der Waals surface area contributed by atoms with Crippen molar-refractivity contribution in [3.8, 4) is 0 Å². The summed E-state index contributed by atoms with van der Waals surface area (Å²) in [5.41, 5.74) is 2.03.